The van der Waals surface area contributed by atoms with Crippen LogP contribution in [0.5, 0.6) is 0 Å². The number of benzene rings is 1. The van der Waals surface area contributed by atoms with Gasteiger partial charge in [-0.15, -0.1) is 0 Å². The van der Waals surface area contributed by atoms with Gasteiger partial charge in [-0.25, -0.2) is 0 Å². The molecule has 0 saturated heterocycles. The molecule has 1 aromatic carbocycles. The van der Waals surface area contributed by atoms with E-state index in [2.05, 4.69) is 10.1 Å². The van der Waals surface area contributed by atoms with Gasteiger partial charge in [0.15, 0.2) is 6.10 Å². The minimum atomic E-state index is -4.41. The fourth-order valence-electron chi connectivity index (χ4n) is 1.37. The highest BCUT2D eigenvalue weighted by Gasteiger charge is 2.36. The first kappa shape index (κ1) is 16.5. The smallest absolute Gasteiger partial charge is 0.369 e. The maximum absolute atomic E-state index is 12.2. The van der Waals surface area contributed by atoms with Crippen LogP contribution in [0.1, 0.15) is 18.9 Å². The van der Waals surface area contributed by atoms with Crippen molar-refractivity contribution in [1.29, 1.82) is 0 Å². The van der Waals surface area contributed by atoms with Gasteiger partial charge in [-0.3, -0.25) is 4.79 Å². The first-order valence-corrected chi connectivity index (χ1v) is 6.10. The lowest BCUT2D eigenvalue weighted by atomic mass is 10.2. The molecule has 0 saturated carbocycles. The molecule has 0 aliphatic carbocycles. The zero-order valence-corrected chi connectivity index (χ0v) is 11.0. The molecule has 7 heteroatoms. The number of carbonyl (C=O) groups excluding carboxylic acids is 1. The van der Waals surface area contributed by atoms with Gasteiger partial charge in [0, 0.05) is 12.2 Å². The Kier molecular flexibility index (Phi) is 5.97. The second-order valence-electron chi connectivity index (χ2n) is 4.25. The highest BCUT2D eigenvalue weighted by molar-refractivity contribution is 5.90. The van der Waals surface area contributed by atoms with E-state index >= 15 is 0 Å². The molecule has 1 atom stereocenters. The third-order valence-electron chi connectivity index (χ3n) is 2.63. The van der Waals surface area contributed by atoms with Crippen LogP contribution in [0, 0.1) is 0 Å². The van der Waals surface area contributed by atoms with Crippen molar-refractivity contribution in [3.8, 4) is 0 Å². The highest BCUT2D eigenvalue weighted by atomic mass is 19.4. The van der Waals surface area contributed by atoms with Crippen LogP contribution in [0.3, 0.4) is 0 Å². The SMILES string of the molecule is CC(OCCC(=O)Nc1ccc(CN)cc1)C(F)(F)F. The molecule has 0 aromatic heterocycles. The Hall–Kier alpha value is -1.60. The van der Waals surface area contributed by atoms with E-state index in [1.54, 1.807) is 24.3 Å². The van der Waals surface area contributed by atoms with Crippen molar-refractivity contribution in [3.05, 3.63) is 29.8 Å². The van der Waals surface area contributed by atoms with Crippen molar-refractivity contribution in [2.45, 2.75) is 32.2 Å². The Bertz CT molecular complexity index is 432. The molecular formula is C13H17F3N2O2. The van der Waals surface area contributed by atoms with E-state index in [1.807, 2.05) is 0 Å². The molecule has 0 fully saturated rings. The number of alkyl halides is 3. The quantitative estimate of drug-likeness (QED) is 0.845. The van der Waals surface area contributed by atoms with E-state index < -0.39 is 18.2 Å². The van der Waals surface area contributed by atoms with Gasteiger partial charge in [-0.05, 0) is 24.6 Å². The Labute approximate surface area is 115 Å². The molecular weight excluding hydrogens is 273 g/mol. The summed E-state index contributed by atoms with van der Waals surface area (Å²) in [5, 5.41) is 2.56. The van der Waals surface area contributed by atoms with Crippen molar-refractivity contribution in [1.82, 2.24) is 0 Å². The molecule has 0 heterocycles. The van der Waals surface area contributed by atoms with Gasteiger partial charge < -0.3 is 15.8 Å². The summed E-state index contributed by atoms with van der Waals surface area (Å²) in [6, 6.07) is 6.88. The largest absolute Gasteiger partial charge is 0.414 e. The lowest BCUT2D eigenvalue weighted by Crippen LogP contribution is -2.29. The van der Waals surface area contributed by atoms with Crippen molar-refractivity contribution < 1.29 is 22.7 Å². The minimum Gasteiger partial charge on any atom is -0.369 e. The summed E-state index contributed by atoms with van der Waals surface area (Å²) in [6.45, 7) is 1.02. The van der Waals surface area contributed by atoms with Gasteiger partial charge in [0.25, 0.3) is 0 Å². The molecule has 0 spiro atoms. The van der Waals surface area contributed by atoms with E-state index in [0.717, 1.165) is 12.5 Å². The number of hydrogen-bond acceptors (Lipinski definition) is 3. The van der Waals surface area contributed by atoms with Crippen molar-refractivity contribution in [2.24, 2.45) is 5.73 Å². The Morgan fingerprint density at radius 1 is 1.35 bits per heavy atom. The first-order valence-electron chi connectivity index (χ1n) is 6.10. The highest BCUT2D eigenvalue weighted by Crippen LogP contribution is 2.22. The average Bonchev–Trinajstić information content (AvgIpc) is 2.38. The number of ether oxygens (including phenoxy) is 1. The van der Waals surface area contributed by atoms with Crippen LogP contribution < -0.4 is 11.1 Å². The fourth-order valence-corrected chi connectivity index (χ4v) is 1.37. The number of rotatable bonds is 6. The second-order valence-corrected chi connectivity index (χ2v) is 4.25. The standard InChI is InChI=1S/C13H17F3N2O2/c1-9(13(14,15)16)20-7-6-12(19)18-11-4-2-10(8-17)3-5-11/h2-5,9H,6-8,17H2,1H3,(H,18,19). The summed E-state index contributed by atoms with van der Waals surface area (Å²) in [5.74, 6) is -0.403. The summed E-state index contributed by atoms with van der Waals surface area (Å²) in [6.07, 6.45) is -6.42. The molecule has 1 unspecified atom stereocenters. The van der Waals surface area contributed by atoms with Crippen LogP contribution in [0.15, 0.2) is 24.3 Å². The number of hydrogen-bond donors (Lipinski definition) is 2. The van der Waals surface area contributed by atoms with Crippen molar-refractivity contribution >= 4 is 11.6 Å². The fraction of sp³-hybridized carbons (Fsp3) is 0.462. The molecule has 0 bridgehead atoms. The maximum Gasteiger partial charge on any atom is 0.414 e. The number of anilines is 1. The monoisotopic (exact) mass is 290 g/mol. The summed E-state index contributed by atoms with van der Waals surface area (Å²) in [5.41, 5.74) is 6.92. The number of amides is 1. The predicted molar refractivity (Wildman–Crippen MR) is 69.0 cm³/mol. The lowest BCUT2D eigenvalue weighted by molar-refractivity contribution is -0.214. The normalized spacial score (nSPS) is 13.1. The van der Waals surface area contributed by atoms with E-state index in [1.165, 1.54) is 0 Å². The molecule has 0 aliphatic heterocycles. The van der Waals surface area contributed by atoms with Gasteiger partial charge >= 0.3 is 6.18 Å². The molecule has 3 N–H and O–H groups in total. The van der Waals surface area contributed by atoms with E-state index in [4.69, 9.17) is 5.73 Å². The molecule has 0 radical (unpaired) electrons. The van der Waals surface area contributed by atoms with Gasteiger partial charge in [0.2, 0.25) is 5.91 Å². The summed E-state index contributed by atoms with van der Waals surface area (Å²) < 4.78 is 41.0. The molecule has 20 heavy (non-hydrogen) atoms. The van der Waals surface area contributed by atoms with Crippen molar-refractivity contribution in [3.63, 3.8) is 0 Å². The Morgan fingerprint density at radius 3 is 2.45 bits per heavy atom. The number of carbonyl (C=O) groups is 1. The van der Waals surface area contributed by atoms with Crippen LogP contribution in [-0.2, 0) is 16.1 Å². The van der Waals surface area contributed by atoms with Crippen LogP contribution >= 0.6 is 0 Å². The van der Waals surface area contributed by atoms with Crippen LogP contribution in [-0.4, -0.2) is 24.8 Å². The molecule has 1 aromatic rings. The third kappa shape index (κ3) is 5.58. The topological polar surface area (TPSA) is 64.3 Å². The van der Waals surface area contributed by atoms with Crippen LogP contribution in [0.2, 0.25) is 0 Å². The summed E-state index contributed by atoms with van der Waals surface area (Å²) >= 11 is 0. The molecule has 4 nitrogen and oxygen atoms in total. The zero-order valence-electron chi connectivity index (χ0n) is 11.0. The number of nitrogens with two attached hydrogens (primary N) is 1. The second kappa shape index (κ2) is 7.25. The number of nitrogens with one attached hydrogen (secondary N) is 1. The van der Waals surface area contributed by atoms with E-state index in [9.17, 15) is 18.0 Å². The van der Waals surface area contributed by atoms with Gasteiger partial charge in [0.1, 0.15) is 0 Å². The van der Waals surface area contributed by atoms with Gasteiger partial charge in [0.05, 0.1) is 13.0 Å². The molecule has 0 aliphatic rings. The Balaban J connectivity index is 2.33. The predicted octanol–water partition coefficient (Wildman–Crippen LogP) is 2.44. The summed E-state index contributed by atoms with van der Waals surface area (Å²) in [4.78, 5) is 11.5. The lowest BCUT2D eigenvalue weighted by Gasteiger charge is -2.16. The molecule has 112 valence electrons. The zero-order chi connectivity index (χ0) is 15.2. The molecule has 1 amide bonds. The first-order chi connectivity index (χ1) is 9.32. The third-order valence-corrected chi connectivity index (χ3v) is 2.63. The van der Waals surface area contributed by atoms with Gasteiger partial charge in [-0.2, -0.15) is 13.2 Å². The van der Waals surface area contributed by atoms with E-state index in [-0.39, 0.29) is 13.0 Å². The average molecular weight is 290 g/mol. The minimum absolute atomic E-state index is 0.140. The molecule has 1 rings (SSSR count). The maximum atomic E-state index is 12.2. The van der Waals surface area contributed by atoms with Gasteiger partial charge in [-0.1, -0.05) is 12.1 Å². The summed E-state index contributed by atoms with van der Waals surface area (Å²) in [7, 11) is 0. The van der Waals surface area contributed by atoms with E-state index in [0.29, 0.717) is 12.2 Å². The number of halogens is 3. The van der Waals surface area contributed by atoms with Crippen LogP contribution in [0.4, 0.5) is 18.9 Å². The van der Waals surface area contributed by atoms with Crippen LogP contribution in [0.25, 0.3) is 0 Å². The van der Waals surface area contributed by atoms with Crippen molar-refractivity contribution in [2.75, 3.05) is 11.9 Å². The Morgan fingerprint density at radius 2 is 1.95 bits per heavy atom.